The molecule has 1 aromatic rings. The molecule has 0 aliphatic heterocycles. The van der Waals surface area contributed by atoms with E-state index in [0.717, 1.165) is 0 Å². The molecule has 0 bridgehead atoms. The topological polar surface area (TPSA) is 128 Å². The van der Waals surface area contributed by atoms with E-state index in [1.165, 1.54) is 0 Å². The fourth-order valence-corrected chi connectivity index (χ4v) is 1.37. The third-order valence-corrected chi connectivity index (χ3v) is 2.34. The molecular formula is C12H22N6O2. The number of anilines is 2. The zero-order valence-corrected chi connectivity index (χ0v) is 12.1. The summed E-state index contributed by atoms with van der Waals surface area (Å²) < 4.78 is 5.05. The monoisotopic (exact) mass is 282 g/mol. The van der Waals surface area contributed by atoms with E-state index in [0.29, 0.717) is 30.6 Å². The highest BCUT2D eigenvalue weighted by Crippen LogP contribution is 2.21. The van der Waals surface area contributed by atoms with Gasteiger partial charge in [0.1, 0.15) is 24.1 Å². The molecule has 1 amide bonds. The van der Waals surface area contributed by atoms with Crippen LogP contribution in [0.5, 0.6) is 0 Å². The van der Waals surface area contributed by atoms with Gasteiger partial charge in [-0.05, 0) is 0 Å². The molecule has 0 fully saturated rings. The zero-order valence-electron chi connectivity index (χ0n) is 12.1. The molecular weight excluding hydrogens is 260 g/mol. The minimum atomic E-state index is -0.489. The summed E-state index contributed by atoms with van der Waals surface area (Å²) in [4.78, 5) is 19.2. The summed E-state index contributed by atoms with van der Waals surface area (Å²) in [5.74, 6) is 6.75. The van der Waals surface area contributed by atoms with Crippen molar-refractivity contribution < 1.29 is 9.53 Å². The first-order valence-corrected chi connectivity index (χ1v) is 6.29. The first-order chi connectivity index (χ1) is 9.32. The van der Waals surface area contributed by atoms with E-state index in [-0.39, 0.29) is 12.0 Å². The van der Waals surface area contributed by atoms with E-state index < -0.39 is 5.91 Å². The molecule has 0 aliphatic carbocycles. The lowest BCUT2D eigenvalue weighted by atomic mass is 9.96. The molecule has 8 nitrogen and oxygen atoms in total. The molecule has 0 atom stereocenters. The Bertz CT molecular complexity index is 458. The van der Waals surface area contributed by atoms with Crippen molar-refractivity contribution in [2.45, 2.75) is 26.2 Å². The smallest absolute Gasteiger partial charge is 0.243 e. The largest absolute Gasteiger partial charge is 0.370 e. The van der Waals surface area contributed by atoms with Crippen LogP contribution in [0.2, 0.25) is 0 Å². The third-order valence-electron chi connectivity index (χ3n) is 2.34. The molecule has 0 aromatic carbocycles. The molecule has 0 spiro atoms. The predicted molar refractivity (Wildman–Crippen MR) is 77.0 cm³/mol. The predicted octanol–water partition coefficient (Wildman–Crippen LogP) is -0.0265. The third kappa shape index (κ3) is 5.37. The summed E-state index contributed by atoms with van der Waals surface area (Å²) in [6.45, 7) is 6.81. The van der Waals surface area contributed by atoms with Crippen LogP contribution >= 0.6 is 0 Å². The maximum absolute atomic E-state index is 10.5. The Kier molecular flexibility index (Phi) is 5.66. The molecule has 0 unspecified atom stereocenters. The number of nitrogens with one attached hydrogen (secondary N) is 2. The Morgan fingerprint density at radius 3 is 2.55 bits per heavy atom. The van der Waals surface area contributed by atoms with Crippen LogP contribution in [0.15, 0.2) is 6.07 Å². The number of ether oxygens (including phenoxy) is 1. The second kappa shape index (κ2) is 7.01. The average molecular weight is 282 g/mol. The maximum Gasteiger partial charge on any atom is 0.243 e. The number of hydrazine groups is 1. The minimum absolute atomic E-state index is 0.0890. The first-order valence-electron chi connectivity index (χ1n) is 6.29. The Balaban J connectivity index is 2.63. The number of amides is 1. The van der Waals surface area contributed by atoms with Gasteiger partial charge in [0.25, 0.3) is 0 Å². The van der Waals surface area contributed by atoms with Crippen molar-refractivity contribution >= 4 is 17.5 Å². The highest BCUT2D eigenvalue weighted by Gasteiger charge is 2.18. The van der Waals surface area contributed by atoms with Gasteiger partial charge in [0.2, 0.25) is 5.91 Å². The van der Waals surface area contributed by atoms with Crippen molar-refractivity contribution in [3.05, 3.63) is 11.9 Å². The van der Waals surface area contributed by atoms with Gasteiger partial charge in [-0.1, -0.05) is 20.8 Å². The quantitative estimate of drug-likeness (QED) is 0.314. The van der Waals surface area contributed by atoms with E-state index in [2.05, 4.69) is 20.7 Å². The molecule has 8 heteroatoms. The lowest BCUT2D eigenvalue weighted by Crippen LogP contribution is -2.22. The van der Waals surface area contributed by atoms with E-state index in [9.17, 15) is 4.79 Å². The fraction of sp³-hybridized carbons (Fsp3) is 0.583. The molecule has 0 saturated carbocycles. The lowest BCUT2D eigenvalue weighted by Gasteiger charge is -2.18. The molecule has 6 N–H and O–H groups in total. The van der Waals surface area contributed by atoms with Crippen LogP contribution in [0.3, 0.4) is 0 Å². The normalized spacial score (nSPS) is 11.2. The summed E-state index contributed by atoms with van der Waals surface area (Å²) in [5.41, 5.74) is 7.29. The van der Waals surface area contributed by atoms with Gasteiger partial charge in [0.05, 0.1) is 6.61 Å². The van der Waals surface area contributed by atoms with E-state index in [1.54, 1.807) is 6.07 Å². The van der Waals surface area contributed by atoms with Crippen molar-refractivity contribution in [2.75, 3.05) is 30.5 Å². The molecule has 20 heavy (non-hydrogen) atoms. The van der Waals surface area contributed by atoms with Gasteiger partial charge in [0, 0.05) is 18.0 Å². The summed E-state index contributed by atoms with van der Waals surface area (Å²) in [6, 6.07) is 1.70. The van der Waals surface area contributed by atoms with Crippen molar-refractivity contribution in [1.82, 2.24) is 9.97 Å². The van der Waals surface area contributed by atoms with Gasteiger partial charge < -0.3 is 21.2 Å². The number of nitrogens with zero attached hydrogens (tertiary/aromatic N) is 2. The van der Waals surface area contributed by atoms with Crippen LogP contribution in [0.1, 0.15) is 26.6 Å². The molecule has 1 aromatic heterocycles. The fourth-order valence-electron chi connectivity index (χ4n) is 1.37. The number of primary amides is 1. The summed E-state index contributed by atoms with van der Waals surface area (Å²) >= 11 is 0. The van der Waals surface area contributed by atoms with E-state index >= 15 is 0 Å². The van der Waals surface area contributed by atoms with Crippen LogP contribution < -0.4 is 22.3 Å². The zero-order chi connectivity index (χ0) is 15.2. The number of carbonyl (C=O) groups excluding carboxylic acids is 1. The van der Waals surface area contributed by atoms with Gasteiger partial charge in [-0.15, -0.1) is 0 Å². The number of aromatic nitrogens is 2. The van der Waals surface area contributed by atoms with Crippen LogP contribution in [-0.4, -0.2) is 35.6 Å². The Hall–Kier alpha value is -1.93. The second-order valence-corrected chi connectivity index (χ2v) is 5.30. The van der Waals surface area contributed by atoms with Crippen LogP contribution in [-0.2, 0) is 14.9 Å². The summed E-state index contributed by atoms with van der Waals surface area (Å²) in [5, 5.41) is 3.08. The standard InChI is InChI=1S/C12H22N6O2/c1-12(2,3)11-16-9(6-10(17-11)18-14)15-4-5-20-7-8(13)19/h6H,4-5,7,14H2,1-3H3,(H2,13,19)(H2,15,16,17,18). The molecule has 0 aliphatic rings. The van der Waals surface area contributed by atoms with Gasteiger partial charge in [-0.3, -0.25) is 4.79 Å². The lowest BCUT2D eigenvalue weighted by molar-refractivity contribution is -0.122. The molecule has 0 saturated heterocycles. The van der Waals surface area contributed by atoms with Crippen molar-refractivity contribution in [1.29, 1.82) is 0 Å². The Labute approximate surface area is 118 Å². The molecule has 1 heterocycles. The highest BCUT2D eigenvalue weighted by atomic mass is 16.5. The van der Waals surface area contributed by atoms with Crippen LogP contribution in [0.4, 0.5) is 11.6 Å². The summed E-state index contributed by atoms with van der Waals surface area (Å²) in [7, 11) is 0. The number of carbonyl (C=O) groups is 1. The van der Waals surface area contributed by atoms with Crippen molar-refractivity contribution in [2.24, 2.45) is 11.6 Å². The van der Waals surface area contributed by atoms with Gasteiger partial charge in [-0.2, -0.15) is 0 Å². The number of nitrogens with two attached hydrogens (primary N) is 2. The number of rotatable bonds is 7. The van der Waals surface area contributed by atoms with Gasteiger partial charge in [-0.25, -0.2) is 15.8 Å². The van der Waals surface area contributed by atoms with Gasteiger partial charge in [0.15, 0.2) is 0 Å². The SMILES string of the molecule is CC(C)(C)c1nc(NN)cc(NCCOCC(N)=O)n1. The van der Waals surface area contributed by atoms with Crippen molar-refractivity contribution in [3.63, 3.8) is 0 Å². The van der Waals surface area contributed by atoms with Crippen molar-refractivity contribution in [3.8, 4) is 0 Å². The second-order valence-electron chi connectivity index (χ2n) is 5.30. The minimum Gasteiger partial charge on any atom is -0.370 e. The number of hydrogen-bond acceptors (Lipinski definition) is 7. The molecule has 1 rings (SSSR count). The number of nitrogen functional groups attached to an aromatic ring is 1. The maximum atomic E-state index is 10.5. The Morgan fingerprint density at radius 2 is 2.00 bits per heavy atom. The number of hydrogen-bond donors (Lipinski definition) is 4. The van der Waals surface area contributed by atoms with Crippen LogP contribution in [0.25, 0.3) is 0 Å². The van der Waals surface area contributed by atoms with E-state index in [1.807, 2.05) is 20.8 Å². The molecule has 0 radical (unpaired) electrons. The summed E-state index contributed by atoms with van der Waals surface area (Å²) in [6.07, 6.45) is 0. The Morgan fingerprint density at radius 1 is 1.35 bits per heavy atom. The average Bonchev–Trinajstić information content (AvgIpc) is 2.36. The van der Waals surface area contributed by atoms with Gasteiger partial charge >= 0.3 is 0 Å². The highest BCUT2D eigenvalue weighted by molar-refractivity contribution is 5.74. The molecule has 112 valence electrons. The van der Waals surface area contributed by atoms with Crippen LogP contribution in [0, 0.1) is 0 Å². The van der Waals surface area contributed by atoms with E-state index in [4.69, 9.17) is 16.3 Å². The first kappa shape index (κ1) is 16.1.